The van der Waals surface area contributed by atoms with Crippen LogP contribution in [0.25, 0.3) is 0 Å². The van der Waals surface area contributed by atoms with Crippen LogP contribution in [0.15, 0.2) is 0 Å². The second-order valence-electron chi connectivity index (χ2n) is 2.44. The zero-order chi connectivity index (χ0) is 7.23. The number of hydrogen-bond acceptors (Lipinski definition) is 2. The largest absolute Gasteiger partial charge is 0.291 e. The van der Waals surface area contributed by atoms with Crippen molar-refractivity contribution in [3.63, 3.8) is 0 Å². The van der Waals surface area contributed by atoms with Gasteiger partial charge in [0.15, 0.2) is 0 Å². The van der Waals surface area contributed by atoms with Gasteiger partial charge in [-0.05, 0) is 12.2 Å². The van der Waals surface area contributed by atoms with Gasteiger partial charge in [-0.1, -0.05) is 13.3 Å². The summed E-state index contributed by atoms with van der Waals surface area (Å²) in [5, 5.41) is 7.67. The fourth-order valence-electron chi connectivity index (χ4n) is 0.885. The average Bonchev–Trinajstić information content (AvgIpc) is 2.41. The molecule has 1 rings (SSSR count). The molecule has 0 aromatic carbocycles. The molecule has 0 amide bonds. The predicted octanol–water partition coefficient (Wildman–Crippen LogP) is 1.01. The number of thioether (sulfide) groups is 1. The van der Waals surface area contributed by atoms with E-state index in [1.807, 2.05) is 11.8 Å². The van der Waals surface area contributed by atoms with E-state index in [1.54, 1.807) is 0 Å². The van der Waals surface area contributed by atoms with Crippen LogP contribution in [0, 0.1) is 0 Å². The first-order chi connectivity index (χ1) is 4.93. The van der Waals surface area contributed by atoms with Gasteiger partial charge in [0.05, 0.1) is 0 Å². The minimum Gasteiger partial charge on any atom is -0.291 e. The SMILES string of the molecule is CCCCSC1[N]CCN1. The Bertz CT molecular complexity index is 81.7. The van der Waals surface area contributed by atoms with Crippen LogP contribution >= 0.6 is 11.8 Å². The highest BCUT2D eigenvalue weighted by molar-refractivity contribution is 7.99. The molecule has 1 aliphatic heterocycles. The molecule has 0 spiro atoms. The molecule has 1 aliphatic rings. The summed E-state index contributed by atoms with van der Waals surface area (Å²) in [6.07, 6.45) is 2.61. The molecule has 1 radical (unpaired) electrons. The molecule has 3 heteroatoms. The van der Waals surface area contributed by atoms with Crippen LogP contribution in [0.3, 0.4) is 0 Å². The molecule has 0 aliphatic carbocycles. The minimum absolute atomic E-state index is 0.409. The van der Waals surface area contributed by atoms with Crippen molar-refractivity contribution in [1.29, 1.82) is 0 Å². The molecule has 1 heterocycles. The molecule has 10 heavy (non-hydrogen) atoms. The van der Waals surface area contributed by atoms with Crippen molar-refractivity contribution in [1.82, 2.24) is 10.6 Å². The van der Waals surface area contributed by atoms with Crippen molar-refractivity contribution in [3.05, 3.63) is 0 Å². The third-order valence-electron chi connectivity index (χ3n) is 1.50. The lowest BCUT2D eigenvalue weighted by molar-refractivity contribution is 0.730. The van der Waals surface area contributed by atoms with Crippen LogP contribution in [-0.2, 0) is 0 Å². The van der Waals surface area contributed by atoms with E-state index in [-0.39, 0.29) is 0 Å². The third kappa shape index (κ3) is 2.90. The number of rotatable bonds is 4. The van der Waals surface area contributed by atoms with E-state index in [0.717, 1.165) is 13.1 Å². The Labute approximate surface area is 67.1 Å². The van der Waals surface area contributed by atoms with Crippen molar-refractivity contribution < 1.29 is 0 Å². The molecule has 1 atom stereocenters. The maximum atomic E-state index is 4.36. The van der Waals surface area contributed by atoms with Gasteiger partial charge in [-0.15, -0.1) is 11.8 Å². The van der Waals surface area contributed by atoms with Gasteiger partial charge in [0, 0.05) is 13.1 Å². The summed E-state index contributed by atoms with van der Waals surface area (Å²) >= 11 is 1.93. The second kappa shape index (κ2) is 4.99. The standard InChI is InChI=1S/C7H15N2S/c1-2-3-6-10-7-8-4-5-9-7/h7-8H,2-6H2,1H3. The molecule has 0 aromatic heterocycles. The van der Waals surface area contributed by atoms with Crippen LogP contribution in [0.2, 0.25) is 0 Å². The highest BCUT2D eigenvalue weighted by Gasteiger charge is 2.13. The Balaban J connectivity index is 1.91. The fraction of sp³-hybridized carbons (Fsp3) is 1.00. The Hall–Kier alpha value is 0.270. The van der Waals surface area contributed by atoms with Crippen LogP contribution in [0.5, 0.6) is 0 Å². The lowest BCUT2D eigenvalue weighted by atomic mass is 10.4. The van der Waals surface area contributed by atoms with Gasteiger partial charge in [0.25, 0.3) is 0 Å². The first kappa shape index (κ1) is 8.37. The van der Waals surface area contributed by atoms with E-state index in [0.29, 0.717) is 5.50 Å². The van der Waals surface area contributed by atoms with Crippen molar-refractivity contribution in [3.8, 4) is 0 Å². The number of hydrogen-bond donors (Lipinski definition) is 1. The summed E-state index contributed by atoms with van der Waals surface area (Å²) in [6, 6.07) is 0. The lowest BCUT2D eigenvalue weighted by Crippen LogP contribution is -2.22. The van der Waals surface area contributed by atoms with Crippen LogP contribution in [0.4, 0.5) is 0 Å². The van der Waals surface area contributed by atoms with Crippen molar-refractivity contribution in [2.75, 3.05) is 18.8 Å². The first-order valence-electron chi connectivity index (χ1n) is 3.95. The van der Waals surface area contributed by atoms with Crippen molar-refractivity contribution in [2.24, 2.45) is 0 Å². The van der Waals surface area contributed by atoms with E-state index in [1.165, 1.54) is 18.6 Å². The zero-order valence-electron chi connectivity index (χ0n) is 6.47. The molecule has 1 unspecified atom stereocenters. The van der Waals surface area contributed by atoms with Gasteiger partial charge in [-0.2, -0.15) is 0 Å². The normalized spacial score (nSPS) is 20.1. The van der Waals surface area contributed by atoms with Gasteiger partial charge in [0.1, 0.15) is 5.50 Å². The number of unbranched alkanes of at least 4 members (excludes halogenated alkanes) is 1. The highest BCUT2D eigenvalue weighted by atomic mass is 32.2. The van der Waals surface area contributed by atoms with E-state index in [4.69, 9.17) is 0 Å². The van der Waals surface area contributed by atoms with Gasteiger partial charge in [-0.25, -0.2) is 5.32 Å². The molecule has 0 aromatic rings. The zero-order valence-corrected chi connectivity index (χ0v) is 7.28. The van der Waals surface area contributed by atoms with Gasteiger partial charge >= 0.3 is 0 Å². The van der Waals surface area contributed by atoms with Crippen LogP contribution in [0.1, 0.15) is 19.8 Å². The van der Waals surface area contributed by atoms with Crippen molar-refractivity contribution >= 4 is 11.8 Å². The Morgan fingerprint density at radius 2 is 2.60 bits per heavy atom. The Morgan fingerprint density at radius 1 is 1.70 bits per heavy atom. The van der Waals surface area contributed by atoms with Gasteiger partial charge in [-0.3, -0.25) is 5.32 Å². The predicted molar refractivity (Wildman–Crippen MR) is 46.2 cm³/mol. The molecule has 1 N–H and O–H groups in total. The summed E-state index contributed by atoms with van der Waals surface area (Å²) < 4.78 is 0. The molecular weight excluding hydrogens is 144 g/mol. The lowest BCUT2D eigenvalue weighted by Gasteiger charge is -2.06. The monoisotopic (exact) mass is 159 g/mol. The van der Waals surface area contributed by atoms with E-state index in [2.05, 4.69) is 17.6 Å². The van der Waals surface area contributed by atoms with Crippen LogP contribution < -0.4 is 10.6 Å². The second-order valence-corrected chi connectivity index (χ2v) is 3.63. The summed E-state index contributed by atoms with van der Waals surface area (Å²) in [7, 11) is 0. The maximum absolute atomic E-state index is 4.36. The van der Waals surface area contributed by atoms with Crippen LogP contribution in [-0.4, -0.2) is 24.3 Å². The fourth-order valence-corrected chi connectivity index (χ4v) is 2.01. The minimum atomic E-state index is 0.409. The Morgan fingerprint density at radius 3 is 3.20 bits per heavy atom. The quantitative estimate of drug-likeness (QED) is 0.620. The molecular formula is C7H15N2S. The molecule has 2 nitrogen and oxygen atoms in total. The first-order valence-corrected chi connectivity index (χ1v) is 5.00. The molecule has 1 saturated heterocycles. The average molecular weight is 159 g/mol. The highest BCUT2D eigenvalue weighted by Crippen LogP contribution is 2.11. The smallest absolute Gasteiger partial charge is 0.121 e. The third-order valence-corrected chi connectivity index (χ3v) is 2.66. The summed E-state index contributed by atoms with van der Waals surface area (Å²) in [6.45, 7) is 4.30. The molecule has 59 valence electrons. The van der Waals surface area contributed by atoms with E-state index < -0.39 is 0 Å². The number of nitrogens with zero attached hydrogens (tertiary/aromatic N) is 1. The van der Waals surface area contributed by atoms with E-state index in [9.17, 15) is 0 Å². The summed E-state index contributed by atoms with van der Waals surface area (Å²) in [5.74, 6) is 1.25. The number of nitrogens with one attached hydrogen (secondary N) is 1. The van der Waals surface area contributed by atoms with Crippen molar-refractivity contribution in [2.45, 2.75) is 25.3 Å². The summed E-state index contributed by atoms with van der Waals surface area (Å²) in [5.41, 5.74) is 0.409. The maximum Gasteiger partial charge on any atom is 0.121 e. The summed E-state index contributed by atoms with van der Waals surface area (Å²) in [4.78, 5) is 0. The molecule has 0 saturated carbocycles. The Kier molecular flexibility index (Phi) is 4.18. The van der Waals surface area contributed by atoms with Gasteiger partial charge in [0.2, 0.25) is 0 Å². The van der Waals surface area contributed by atoms with Gasteiger partial charge < -0.3 is 0 Å². The molecule has 1 fully saturated rings. The van der Waals surface area contributed by atoms with E-state index >= 15 is 0 Å². The topological polar surface area (TPSA) is 26.1 Å². The molecule has 0 bridgehead atoms.